The highest BCUT2D eigenvalue weighted by atomic mass is 16.5. The van der Waals surface area contributed by atoms with Crippen molar-refractivity contribution in [2.75, 3.05) is 38.2 Å². The molecule has 0 radical (unpaired) electrons. The third-order valence-electron chi connectivity index (χ3n) is 4.74. The minimum atomic E-state index is 0.0600. The van der Waals surface area contributed by atoms with E-state index in [2.05, 4.69) is 59.9 Å². The van der Waals surface area contributed by atoms with Crippen LogP contribution in [0.25, 0.3) is 0 Å². The second kappa shape index (κ2) is 6.13. The highest BCUT2D eigenvalue weighted by Crippen LogP contribution is 2.25. The second-order valence-electron chi connectivity index (χ2n) is 7.66. The molecule has 3 rings (SSSR count). The monoisotopic (exact) mass is 304 g/mol. The van der Waals surface area contributed by atoms with Crippen LogP contribution in [0.2, 0.25) is 0 Å². The fourth-order valence-corrected chi connectivity index (χ4v) is 3.07. The molecule has 1 aromatic rings. The number of likely N-dealkylation sites (N-methyl/N-ethyl adjacent to an activating group) is 1. The molecule has 0 bridgehead atoms. The minimum absolute atomic E-state index is 0.0600. The maximum Gasteiger partial charge on any atom is 0.151 e. The number of nitrogens with zero attached hydrogens (tertiary/aromatic N) is 4. The Balaban J connectivity index is 1.50. The van der Waals surface area contributed by atoms with Gasteiger partial charge in [-0.1, -0.05) is 20.8 Å². The third kappa shape index (κ3) is 3.41. The quantitative estimate of drug-likeness (QED) is 0.852. The Morgan fingerprint density at radius 2 is 2.05 bits per heavy atom. The Labute approximate surface area is 133 Å². The molecule has 22 heavy (non-hydrogen) atoms. The van der Waals surface area contributed by atoms with E-state index < -0.39 is 0 Å². The molecular formula is C17H28N4O. The molecule has 5 heteroatoms. The van der Waals surface area contributed by atoms with Crippen LogP contribution in [-0.2, 0) is 10.2 Å². The summed E-state index contributed by atoms with van der Waals surface area (Å²) in [5.74, 6) is 0.995. The van der Waals surface area contributed by atoms with Crippen LogP contribution in [0.5, 0.6) is 0 Å². The molecule has 0 saturated carbocycles. The molecule has 122 valence electrons. The van der Waals surface area contributed by atoms with Gasteiger partial charge < -0.3 is 9.64 Å². The minimum Gasteiger partial charge on any atom is -0.377 e. The molecule has 0 spiro atoms. The lowest BCUT2D eigenvalue weighted by atomic mass is 9.92. The van der Waals surface area contributed by atoms with E-state index in [1.54, 1.807) is 0 Å². The average Bonchev–Trinajstić information content (AvgIpc) is 2.89. The molecule has 0 amide bonds. The third-order valence-corrected chi connectivity index (χ3v) is 4.74. The van der Waals surface area contributed by atoms with Crippen LogP contribution in [0.1, 0.15) is 39.3 Å². The topological polar surface area (TPSA) is 41.5 Å². The van der Waals surface area contributed by atoms with Gasteiger partial charge in [-0.25, -0.2) is 0 Å². The first-order valence-electron chi connectivity index (χ1n) is 8.34. The summed E-state index contributed by atoms with van der Waals surface area (Å²) >= 11 is 0. The molecular weight excluding hydrogens is 276 g/mol. The van der Waals surface area contributed by atoms with Gasteiger partial charge in [0.25, 0.3) is 0 Å². The van der Waals surface area contributed by atoms with Crippen molar-refractivity contribution in [2.24, 2.45) is 0 Å². The first-order chi connectivity index (χ1) is 10.4. The van der Waals surface area contributed by atoms with Crippen LogP contribution in [0.3, 0.4) is 0 Å². The Kier molecular flexibility index (Phi) is 4.37. The maximum atomic E-state index is 5.72. The van der Waals surface area contributed by atoms with E-state index in [-0.39, 0.29) is 5.41 Å². The lowest BCUT2D eigenvalue weighted by Gasteiger charge is -2.45. The highest BCUT2D eigenvalue weighted by Gasteiger charge is 2.32. The predicted molar refractivity (Wildman–Crippen MR) is 88.3 cm³/mol. The van der Waals surface area contributed by atoms with Gasteiger partial charge in [-0.05, 0) is 32.0 Å². The first-order valence-corrected chi connectivity index (χ1v) is 8.34. The van der Waals surface area contributed by atoms with E-state index >= 15 is 0 Å². The first kappa shape index (κ1) is 15.7. The summed E-state index contributed by atoms with van der Waals surface area (Å²) in [7, 11) is 2.21. The number of hydrogen-bond acceptors (Lipinski definition) is 5. The molecule has 2 saturated heterocycles. The van der Waals surface area contributed by atoms with Gasteiger partial charge >= 0.3 is 0 Å². The molecule has 1 aromatic heterocycles. The summed E-state index contributed by atoms with van der Waals surface area (Å²) in [4.78, 5) is 4.74. The molecule has 1 unspecified atom stereocenters. The van der Waals surface area contributed by atoms with Gasteiger partial charge in [-0.3, -0.25) is 4.90 Å². The van der Waals surface area contributed by atoms with Crippen LogP contribution in [0.4, 0.5) is 5.82 Å². The highest BCUT2D eigenvalue weighted by molar-refractivity contribution is 5.42. The number of ether oxygens (including phenoxy) is 1. The largest absolute Gasteiger partial charge is 0.377 e. The van der Waals surface area contributed by atoms with Crippen LogP contribution < -0.4 is 4.90 Å². The zero-order valence-electron chi connectivity index (χ0n) is 14.2. The maximum absolute atomic E-state index is 5.72. The van der Waals surface area contributed by atoms with Crippen molar-refractivity contribution in [2.45, 2.75) is 51.2 Å². The lowest BCUT2D eigenvalue weighted by Crippen LogP contribution is -2.59. The van der Waals surface area contributed by atoms with E-state index in [1.807, 2.05) is 0 Å². The average molecular weight is 304 g/mol. The summed E-state index contributed by atoms with van der Waals surface area (Å²) in [6.07, 6.45) is 2.86. The Morgan fingerprint density at radius 3 is 2.59 bits per heavy atom. The van der Waals surface area contributed by atoms with Crippen molar-refractivity contribution in [3.63, 3.8) is 0 Å². The molecule has 2 fully saturated rings. The van der Waals surface area contributed by atoms with Crippen LogP contribution >= 0.6 is 0 Å². The molecule has 5 nitrogen and oxygen atoms in total. The van der Waals surface area contributed by atoms with Gasteiger partial charge in [0, 0.05) is 37.7 Å². The Bertz CT molecular complexity index is 484. The van der Waals surface area contributed by atoms with Crippen molar-refractivity contribution in [3.8, 4) is 0 Å². The van der Waals surface area contributed by atoms with Crippen molar-refractivity contribution < 1.29 is 4.74 Å². The lowest BCUT2D eigenvalue weighted by molar-refractivity contribution is 0.0627. The summed E-state index contributed by atoms with van der Waals surface area (Å²) in [6.45, 7) is 10.5. The van der Waals surface area contributed by atoms with Crippen LogP contribution in [-0.4, -0.2) is 60.5 Å². The van der Waals surface area contributed by atoms with Gasteiger partial charge in [0.2, 0.25) is 0 Å². The number of aromatic nitrogens is 2. The van der Waals surface area contributed by atoms with Gasteiger partial charge in [0.15, 0.2) is 5.82 Å². The number of hydrogen-bond donors (Lipinski definition) is 0. The molecule has 1 atom stereocenters. The zero-order chi connectivity index (χ0) is 15.7. The normalized spacial score (nSPS) is 23.1. The standard InChI is InChI=1S/C17H28N4O/c1-17(2,3)15-7-8-16(19-18-15)21-10-13(11-21)20(4)12-14-6-5-9-22-14/h7-8,13-14H,5-6,9-12H2,1-4H3. The zero-order valence-corrected chi connectivity index (χ0v) is 14.2. The predicted octanol–water partition coefficient (Wildman–Crippen LogP) is 2.07. The molecule has 0 aliphatic carbocycles. The number of rotatable bonds is 4. The fourth-order valence-electron chi connectivity index (χ4n) is 3.07. The second-order valence-corrected chi connectivity index (χ2v) is 7.66. The van der Waals surface area contributed by atoms with Crippen molar-refractivity contribution >= 4 is 5.82 Å². The van der Waals surface area contributed by atoms with Crippen molar-refractivity contribution in [1.29, 1.82) is 0 Å². The van der Waals surface area contributed by atoms with Gasteiger partial charge in [-0.2, -0.15) is 5.10 Å². The van der Waals surface area contributed by atoms with Crippen LogP contribution in [0, 0.1) is 0 Å². The summed E-state index contributed by atoms with van der Waals surface area (Å²) in [5, 5.41) is 8.78. The molecule has 2 aliphatic rings. The van der Waals surface area contributed by atoms with E-state index in [0.29, 0.717) is 12.1 Å². The van der Waals surface area contributed by atoms with Gasteiger partial charge in [-0.15, -0.1) is 5.10 Å². The van der Waals surface area contributed by atoms with E-state index in [1.165, 1.54) is 12.8 Å². The Hall–Kier alpha value is -1.20. The van der Waals surface area contributed by atoms with Gasteiger partial charge in [0.1, 0.15) is 0 Å². The van der Waals surface area contributed by atoms with E-state index in [9.17, 15) is 0 Å². The summed E-state index contributed by atoms with van der Waals surface area (Å²) < 4.78 is 5.72. The van der Waals surface area contributed by atoms with Crippen molar-refractivity contribution in [1.82, 2.24) is 15.1 Å². The molecule has 3 heterocycles. The summed E-state index contributed by atoms with van der Waals surface area (Å²) in [6, 6.07) is 4.81. The smallest absolute Gasteiger partial charge is 0.151 e. The van der Waals surface area contributed by atoms with Gasteiger partial charge in [0.05, 0.1) is 11.8 Å². The number of anilines is 1. The van der Waals surface area contributed by atoms with E-state index in [4.69, 9.17) is 4.74 Å². The molecule has 0 aromatic carbocycles. The summed E-state index contributed by atoms with van der Waals surface area (Å²) in [5.41, 5.74) is 1.11. The van der Waals surface area contributed by atoms with Crippen molar-refractivity contribution in [3.05, 3.63) is 17.8 Å². The SMILES string of the molecule is CN(CC1CCCO1)C1CN(c2ccc(C(C)(C)C)nn2)C1. The molecule has 0 N–H and O–H groups in total. The fraction of sp³-hybridized carbons (Fsp3) is 0.765. The van der Waals surface area contributed by atoms with Crippen LogP contribution in [0.15, 0.2) is 12.1 Å². The van der Waals surface area contributed by atoms with E-state index in [0.717, 1.165) is 37.8 Å². The Morgan fingerprint density at radius 1 is 1.27 bits per heavy atom. The molecule has 2 aliphatic heterocycles.